The van der Waals surface area contributed by atoms with Crippen LogP contribution in [0.25, 0.3) is 0 Å². The molecule has 0 bridgehead atoms. The fourth-order valence-corrected chi connectivity index (χ4v) is 7.26. The van der Waals surface area contributed by atoms with Crippen molar-refractivity contribution in [3.63, 3.8) is 0 Å². The Kier molecular flexibility index (Phi) is 12.1. The maximum Gasteiger partial charge on any atom is 0.00767 e. The Balaban J connectivity index is 1.24. The van der Waals surface area contributed by atoms with E-state index in [1.807, 2.05) is 0 Å². The summed E-state index contributed by atoms with van der Waals surface area (Å²) < 4.78 is 0. The third-order valence-electron chi connectivity index (χ3n) is 10.8. The molecule has 0 radical (unpaired) electrons. The number of hydrogen-bond acceptors (Lipinski definition) is 4. The third kappa shape index (κ3) is 9.39. The van der Waals surface area contributed by atoms with E-state index in [1.54, 1.807) is 0 Å². The normalized spacial score (nSPS) is 21.9. The van der Waals surface area contributed by atoms with Gasteiger partial charge in [-0.05, 0) is 122 Å². The minimum Gasteiger partial charge on any atom is -0.330 e. The van der Waals surface area contributed by atoms with E-state index in [0.717, 1.165) is 38.9 Å². The third-order valence-corrected chi connectivity index (χ3v) is 10.8. The lowest BCUT2D eigenvalue weighted by Crippen LogP contribution is -2.43. The van der Waals surface area contributed by atoms with Crippen LogP contribution in [0.1, 0.15) is 102 Å². The molecule has 2 aliphatic rings. The van der Waals surface area contributed by atoms with Crippen molar-refractivity contribution in [1.82, 2.24) is 9.80 Å². The highest BCUT2D eigenvalue weighted by Gasteiger charge is 2.28. The fraction of sp³-hybridized carbons (Fsp3) is 0.684. The molecule has 4 N–H and O–H groups in total. The largest absolute Gasteiger partial charge is 0.330 e. The van der Waals surface area contributed by atoms with Crippen molar-refractivity contribution in [2.45, 2.75) is 109 Å². The lowest BCUT2D eigenvalue weighted by molar-refractivity contribution is 0.157. The van der Waals surface area contributed by atoms with Crippen LogP contribution in [0.3, 0.4) is 0 Å². The Morgan fingerprint density at radius 2 is 1.21 bits per heavy atom. The molecule has 2 aromatic rings. The van der Waals surface area contributed by atoms with Crippen LogP contribution in [0.15, 0.2) is 48.5 Å². The zero-order chi connectivity index (χ0) is 30.2. The minimum atomic E-state index is 0.155. The van der Waals surface area contributed by atoms with Gasteiger partial charge in [0.15, 0.2) is 0 Å². The lowest BCUT2D eigenvalue weighted by atomic mass is 9.72. The number of benzene rings is 2. The Morgan fingerprint density at radius 3 is 1.69 bits per heavy atom. The van der Waals surface area contributed by atoms with Gasteiger partial charge in [0.2, 0.25) is 0 Å². The van der Waals surface area contributed by atoms with Gasteiger partial charge in [0.1, 0.15) is 0 Å². The first-order valence-corrected chi connectivity index (χ1v) is 17.2. The molecule has 0 aromatic heterocycles. The average molecular weight is 575 g/mol. The summed E-state index contributed by atoms with van der Waals surface area (Å²) in [6.45, 7) is 19.8. The predicted molar refractivity (Wildman–Crippen MR) is 181 cm³/mol. The van der Waals surface area contributed by atoms with Crippen LogP contribution < -0.4 is 11.5 Å². The van der Waals surface area contributed by atoms with Crippen molar-refractivity contribution in [2.24, 2.45) is 23.3 Å². The highest BCUT2D eigenvalue weighted by Crippen LogP contribution is 2.36. The van der Waals surface area contributed by atoms with Crippen LogP contribution in [0.5, 0.6) is 0 Å². The van der Waals surface area contributed by atoms with Gasteiger partial charge < -0.3 is 21.3 Å². The Bertz CT molecular complexity index is 1060. The SMILES string of the molecule is CCC(N)C1CCCN(CCc2ccc(C(C)(C)CCC(C)(C)c3ccc(CCN4CCCC(CN)C4)cc3)cc2)C1. The number of piperidine rings is 2. The summed E-state index contributed by atoms with van der Waals surface area (Å²) in [4.78, 5) is 5.25. The molecule has 3 atom stereocenters. The van der Waals surface area contributed by atoms with Gasteiger partial charge in [-0.3, -0.25) is 0 Å². The smallest absolute Gasteiger partial charge is 0.00767 e. The first-order valence-electron chi connectivity index (χ1n) is 17.2. The van der Waals surface area contributed by atoms with E-state index in [9.17, 15) is 0 Å². The first kappa shape index (κ1) is 33.2. The molecule has 2 fully saturated rings. The van der Waals surface area contributed by atoms with Gasteiger partial charge >= 0.3 is 0 Å². The van der Waals surface area contributed by atoms with Crippen LogP contribution in [-0.2, 0) is 23.7 Å². The van der Waals surface area contributed by atoms with Crippen LogP contribution in [0.2, 0.25) is 0 Å². The number of rotatable bonds is 14. The van der Waals surface area contributed by atoms with E-state index >= 15 is 0 Å². The first-order chi connectivity index (χ1) is 20.1. The fourth-order valence-electron chi connectivity index (χ4n) is 7.26. The van der Waals surface area contributed by atoms with Crippen molar-refractivity contribution < 1.29 is 0 Å². The molecule has 4 nitrogen and oxygen atoms in total. The summed E-state index contributed by atoms with van der Waals surface area (Å²) in [5.41, 5.74) is 18.4. The quantitative estimate of drug-likeness (QED) is 0.257. The Hall–Kier alpha value is -1.72. The molecule has 2 heterocycles. The number of nitrogens with two attached hydrogens (primary N) is 2. The molecule has 2 aliphatic heterocycles. The van der Waals surface area contributed by atoms with Crippen molar-refractivity contribution in [1.29, 1.82) is 0 Å². The van der Waals surface area contributed by atoms with Crippen LogP contribution >= 0.6 is 0 Å². The lowest BCUT2D eigenvalue weighted by Gasteiger charge is -2.35. The molecule has 4 heteroatoms. The van der Waals surface area contributed by atoms with E-state index in [-0.39, 0.29) is 10.8 Å². The maximum absolute atomic E-state index is 6.38. The van der Waals surface area contributed by atoms with Crippen molar-refractivity contribution in [3.05, 3.63) is 70.8 Å². The molecular formula is C38H62N4. The summed E-state index contributed by atoms with van der Waals surface area (Å²) in [5, 5.41) is 0. The molecule has 3 unspecified atom stereocenters. The number of hydrogen-bond donors (Lipinski definition) is 2. The summed E-state index contributed by atoms with van der Waals surface area (Å²) in [6, 6.07) is 19.4. The van der Waals surface area contributed by atoms with Crippen LogP contribution in [0, 0.1) is 11.8 Å². The van der Waals surface area contributed by atoms with Crippen molar-refractivity contribution >= 4 is 0 Å². The number of nitrogens with zero attached hydrogens (tertiary/aromatic N) is 2. The Morgan fingerprint density at radius 1 is 0.738 bits per heavy atom. The van der Waals surface area contributed by atoms with E-state index in [1.165, 1.54) is 87.0 Å². The van der Waals surface area contributed by atoms with Crippen molar-refractivity contribution in [3.8, 4) is 0 Å². The van der Waals surface area contributed by atoms with Crippen LogP contribution in [-0.4, -0.2) is 61.7 Å². The molecular weight excluding hydrogens is 512 g/mol. The van der Waals surface area contributed by atoms with E-state index in [4.69, 9.17) is 11.5 Å². The highest BCUT2D eigenvalue weighted by atomic mass is 15.1. The highest BCUT2D eigenvalue weighted by molar-refractivity contribution is 5.31. The molecule has 42 heavy (non-hydrogen) atoms. The van der Waals surface area contributed by atoms with Gasteiger partial charge in [-0.2, -0.15) is 0 Å². The van der Waals surface area contributed by atoms with E-state index in [2.05, 4.69) is 92.9 Å². The second kappa shape index (κ2) is 15.3. The van der Waals surface area contributed by atoms with Gasteiger partial charge in [0.25, 0.3) is 0 Å². The Labute approximate surface area is 258 Å². The number of likely N-dealkylation sites (tertiary alicyclic amines) is 2. The van der Waals surface area contributed by atoms with Crippen molar-refractivity contribution in [2.75, 3.05) is 45.8 Å². The molecule has 0 aliphatic carbocycles. The van der Waals surface area contributed by atoms with E-state index in [0.29, 0.717) is 17.9 Å². The molecule has 0 amide bonds. The van der Waals surface area contributed by atoms with Gasteiger partial charge in [-0.25, -0.2) is 0 Å². The zero-order valence-corrected chi connectivity index (χ0v) is 27.7. The van der Waals surface area contributed by atoms with Gasteiger partial charge in [-0.1, -0.05) is 83.1 Å². The standard InChI is InChI=1S/C38H62N4/c1-6-36(40)33-10-8-24-42(29-33)26-20-31-13-17-35(18-14-31)38(4,5)22-21-37(2,3)34-15-11-30(12-16-34)19-25-41-23-7-9-32(27-39)28-41/h11-18,32-33,36H,6-10,19-29,39-40H2,1-5H3. The molecule has 2 aromatic carbocycles. The van der Waals surface area contributed by atoms with Gasteiger partial charge in [0, 0.05) is 32.2 Å². The van der Waals surface area contributed by atoms with Gasteiger partial charge in [0.05, 0.1) is 0 Å². The molecule has 2 saturated heterocycles. The van der Waals surface area contributed by atoms with Gasteiger partial charge in [-0.15, -0.1) is 0 Å². The predicted octanol–water partition coefficient (Wildman–Crippen LogP) is 6.93. The van der Waals surface area contributed by atoms with E-state index < -0.39 is 0 Å². The monoisotopic (exact) mass is 574 g/mol. The molecule has 0 spiro atoms. The minimum absolute atomic E-state index is 0.155. The maximum atomic E-state index is 6.38. The topological polar surface area (TPSA) is 58.5 Å². The molecule has 0 saturated carbocycles. The van der Waals surface area contributed by atoms with Crippen LogP contribution in [0.4, 0.5) is 0 Å². The average Bonchev–Trinajstić information content (AvgIpc) is 3.02. The summed E-state index contributed by atoms with van der Waals surface area (Å²) in [6.07, 6.45) is 10.9. The zero-order valence-electron chi connectivity index (χ0n) is 27.7. The summed E-state index contributed by atoms with van der Waals surface area (Å²) >= 11 is 0. The molecule has 4 rings (SSSR count). The molecule has 234 valence electrons. The second-order valence-corrected chi connectivity index (χ2v) is 15.0. The summed E-state index contributed by atoms with van der Waals surface area (Å²) in [5.74, 6) is 1.36. The second-order valence-electron chi connectivity index (χ2n) is 15.0. The summed E-state index contributed by atoms with van der Waals surface area (Å²) in [7, 11) is 0.